The van der Waals surface area contributed by atoms with E-state index in [9.17, 15) is 4.79 Å². The Labute approximate surface area is 343 Å². The predicted molar refractivity (Wildman–Crippen MR) is 245 cm³/mol. The molecular weight excluding hydrogens is 705 g/mol. The van der Waals surface area contributed by atoms with Crippen molar-refractivity contribution in [2.24, 2.45) is 5.73 Å². The fraction of sp³-hybridized carbons (Fsp3) is 0.458. The van der Waals surface area contributed by atoms with E-state index in [0.29, 0.717) is 29.4 Å². The number of nitrogen functional groups attached to an aromatic ring is 2. The van der Waals surface area contributed by atoms with Gasteiger partial charge in [-0.2, -0.15) is 5.26 Å². The number of amides is 2. The number of fused-ring (bicyclic) bond motifs is 2. The first-order chi connectivity index (χ1) is 26.9. The van der Waals surface area contributed by atoms with Crippen LogP contribution in [0.25, 0.3) is 21.8 Å². The Morgan fingerprint density at radius 2 is 1.12 bits per heavy atom. The normalized spacial score (nSPS) is 10.5. The Hall–Kier alpha value is -5.20. The molecule has 0 aliphatic heterocycles. The Kier molecular flexibility index (Phi) is 22.4. The SMILES string of the molecule is C.C.CCCCCc1cc2c(CCCCCN)cccc2nc1N.CCCCCc1cc2c(CCCCCNC(=O)Nc3cccc(C#N)c3)cccc2nc1N. The molecule has 0 unspecified atom stereocenters. The molecule has 308 valence electrons. The highest BCUT2D eigenvalue weighted by molar-refractivity contribution is 5.89. The Bertz CT molecular complexity index is 1990. The third-order valence-electron chi connectivity index (χ3n) is 10.0. The van der Waals surface area contributed by atoms with Gasteiger partial charge < -0.3 is 27.8 Å². The fourth-order valence-corrected chi connectivity index (χ4v) is 6.89. The first kappa shape index (κ1) is 48.0. The summed E-state index contributed by atoms with van der Waals surface area (Å²) in [6, 6.07) is 25.8. The van der Waals surface area contributed by atoms with Crippen LogP contribution in [0.15, 0.2) is 72.8 Å². The molecule has 9 heteroatoms. The molecule has 57 heavy (non-hydrogen) atoms. The van der Waals surface area contributed by atoms with Gasteiger partial charge in [0.15, 0.2) is 0 Å². The zero-order valence-electron chi connectivity index (χ0n) is 33.1. The topological polar surface area (TPSA) is 169 Å². The zero-order chi connectivity index (χ0) is 39.3. The molecule has 0 aliphatic carbocycles. The summed E-state index contributed by atoms with van der Waals surface area (Å²) in [5.74, 6) is 1.35. The lowest BCUT2D eigenvalue weighted by Crippen LogP contribution is -2.29. The summed E-state index contributed by atoms with van der Waals surface area (Å²) >= 11 is 0. The molecular formula is C48H70N8O. The minimum absolute atomic E-state index is 0. The molecule has 8 N–H and O–H groups in total. The highest BCUT2D eigenvalue weighted by Crippen LogP contribution is 2.26. The van der Waals surface area contributed by atoms with Gasteiger partial charge in [-0.15, -0.1) is 0 Å². The summed E-state index contributed by atoms with van der Waals surface area (Å²) in [4.78, 5) is 21.3. The number of nitrogens with one attached hydrogen (secondary N) is 2. The van der Waals surface area contributed by atoms with Gasteiger partial charge in [-0.25, -0.2) is 14.8 Å². The Morgan fingerprint density at radius 3 is 1.63 bits per heavy atom. The van der Waals surface area contributed by atoms with Crippen LogP contribution in [0.4, 0.5) is 22.1 Å². The highest BCUT2D eigenvalue weighted by Gasteiger charge is 2.10. The van der Waals surface area contributed by atoms with E-state index in [-0.39, 0.29) is 20.9 Å². The standard InChI is InChI=1S/C27H33N5O.C19H29N3.2CH4/c1-2-3-5-12-22-18-24-21(13-9-15-25(24)32-26(22)29)11-6-4-7-16-30-27(33)31-23-14-8-10-20(17-23)19-28;1-2-3-5-10-16-14-17-15(9-6-4-7-13-20)11-8-12-18(17)22-19(16)21;;/h8-10,13-15,17-18H,2-7,11-12,16H2,1H3,(H2,29,32)(H2,30,31,33);8,11-12,14H,2-7,9-10,13,20H2,1H3,(H2,21,22);2*1H4. The van der Waals surface area contributed by atoms with E-state index in [0.717, 1.165) is 80.9 Å². The summed E-state index contributed by atoms with van der Waals surface area (Å²) in [5.41, 5.74) is 26.1. The van der Waals surface area contributed by atoms with Crippen molar-refractivity contribution >= 4 is 45.2 Å². The van der Waals surface area contributed by atoms with Gasteiger partial charge >= 0.3 is 6.03 Å². The quantitative estimate of drug-likeness (QED) is 0.0490. The van der Waals surface area contributed by atoms with Gasteiger partial charge in [0.05, 0.1) is 22.7 Å². The number of urea groups is 1. The summed E-state index contributed by atoms with van der Waals surface area (Å²) in [6.07, 6.45) is 17.7. The maximum Gasteiger partial charge on any atom is 0.319 e. The number of unbranched alkanes of at least 4 members (excludes halogenated alkanes) is 8. The molecule has 2 heterocycles. The van der Waals surface area contributed by atoms with E-state index in [1.165, 1.54) is 72.4 Å². The number of benzene rings is 3. The van der Waals surface area contributed by atoms with Gasteiger partial charge in [0.25, 0.3) is 0 Å². The molecule has 2 amide bonds. The van der Waals surface area contributed by atoms with Gasteiger partial charge in [0.2, 0.25) is 0 Å². The van der Waals surface area contributed by atoms with Crippen molar-refractivity contribution in [3.63, 3.8) is 0 Å². The second-order valence-electron chi connectivity index (χ2n) is 14.4. The van der Waals surface area contributed by atoms with E-state index < -0.39 is 0 Å². The van der Waals surface area contributed by atoms with Crippen LogP contribution in [0.5, 0.6) is 0 Å². The third-order valence-corrected chi connectivity index (χ3v) is 10.0. The van der Waals surface area contributed by atoms with E-state index in [2.05, 4.69) is 76.9 Å². The number of pyridine rings is 2. The molecule has 5 rings (SSSR count). The lowest BCUT2D eigenvalue weighted by Gasteiger charge is -2.11. The predicted octanol–water partition coefficient (Wildman–Crippen LogP) is 11.4. The van der Waals surface area contributed by atoms with Crippen molar-refractivity contribution < 1.29 is 4.79 Å². The molecule has 0 atom stereocenters. The van der Waals surface area contributed by atoms with Gasteiger partial charge in [-0.1, -0.05) is 97.6 Å². The number of rotatable bonds is 20. The second-order valence-corrected chi connectivity index (χ2v) is 14.4. The van der Waals surface area contributed by atoms with Gasteiger partial charge in [0.1, 0.15) is 11.6 Å². The van der Waals surface area contributed by atoms with Crippen LogP contribution in [0.3, 0.4) is 0 Å². The minimum Gasteiger partial charge on any atom is -0.383 e. The summed E-state index contributed by atoms with van der Waals surface area (Å²) in [6.45, 7) is 5.83. The number of carbonyl (C=O) groups is 1. The van der Waals surface area contributed by atoms with Crippen molar-refractivity contribution in [1.82, 2.24) is 15.3 Å². The van der Waals surface area contributed by atoms with Crippen molar-refractivity contribution in [1.29, 1.82) is 5.26 Å². The zero-order valence-corrected chi connectivity index (χ0v) is 33.1. The molecule has 0 saturated carbocycles. The lowest BCUT2D eigenvalue weighted by molar-refractivity contribution is 0.252. The van der Waals surface area contributed by atoms with Crippen molar-refractivity contribution in [2.75, 3.05) is 29.9 Å². The van der Waals surface area contributed by atoms with Crippen molar-refractivity contribution in [3.05, 3.63) is 101 Å². The van der Waals surface area contributed by atoms with Crippen LogP contribution < -0.4 is 27.8 Å². The Balaban J connectivity index is 0.000000409. The molecule has 2 aromatic heterocycles. The molecule has 0 fully saturated rings. The van der Waals surface area contributed by atoms with Gasteiger partial charge in [-0.05, 0) is 135 Å². The molecule has 0 aliphatic rings. The average Bonchev–Trinajstić information content (AvgIpc) is 3.19. The van der Waals surface area contributed by atoms with E-state index in [1.807, 2.05) is 12.1 Å². The maximum absolute atomic E-state index is 12.0. The third kappa shape index (κ3) is 15.7. The van der Waals surface area contributed by atoms with Crippen molar-refractivity contribution in [2.45, 2.75) is 131 Å². The van der Waals surface area contributed by atoms with Gasteiger partial charge in [0, 0.05) is 23.0 Å². The van der Waals surface area contributed by atoms with E-state index in [1.54, 1.807) is 24.3 Å². The molecule has 9 nitrogen and oxygen atoms in total. The number of aryl methyl sites for hydroxylation is 4. The number of anilines is 3. The monoisotopic (exact) mass is 775 g/mol. The van der Waals surface area contributed by atoms with Crippen LogP contribution in [0, 0.1) is 11.3 Å². The highest BCUT2D eigenvalue weighted by atomic mass is 16.2. The summed E-state index contributed by atoms with van der Waals surface area (Å²) in [5, 5.41) is 17.1. The van der Waals surface area contributed by atoms with E-state index in [4.69, 9.17) is 22.5 Å². The number of hydrogen-bond donors (Lipinski definition) is 5. The van der Waals surface area contributed by atoms with Crippen LogP contribution in [0.2, 0.25) is 0 Å². The van der Waals surface area contributed by atoms with E-state index >= 15 is 0 Å². The molecule has 5 aromatic rings. The fourth-order valence-electron chi connectivity index (χ4n) is 6.89. The van der Waals surface area contributed by atoms with Crippen molar-refractivity contribution in [3.8, 4) is 6.07 Å². The maximum atomic E-state index is 12.0. The number of hydrogen-bond acceptors (Lipinski definition) is 7. The Morgan fingerprint density at radius 1 is 0.632 bits per heavy atom. The number of nitriles is 1. The number of carbonyl (C=O) groups excluding carboxylic acids is 1. The summed E-state index contributed by atoms with van der Waals surface area (Å²) in [7, 11) is 0. The molecule has 0 spiro atoms. The smallest absolute Gasteiger partial charge is 0.319 e. The van der Waals surface area contributed by atoms with Crippen LogP contribution >= 0.6 is 0 Å². The first-order valence-corrected chi connectivity index (χ1v) is 20.5. The number of nitrogens with two attached hydrogens (primary N) is 3. The first-order valence-electron chi connectivity index (χ1n) is 20.5. The lowest BCUT2D eigenvalue weighted by atomic mass is 9.99. The average molecular weight is 775 g/mol. The number of aromatic nitrogens is 2. The van der Waals surface area contributed by atoms with Crippen LogP contribution in [0.1, 0.15) is 134 Å². The molecule has 0 bridgehead atoms. The van der Waals surface area contributed by atoms with Gasteiger partial charge in [-0.3, -0.25) is 0 Å². The van der Waals surface area contributed by atoms with Crippen LogP contribution in [-0.4, -0.2) is 29.1 Å². The second kappa shape index (κ2) is 26.6. The molecule has 0 radical (unpaired) electrons. The minimum atomic E-state index is -0.251. The molecule has 3 aromatic carbocycles. The number of nitrogens with zero attached hydrogens (tertiary/aromatic N) is 3. The summed E-state index contributed by atoms with van der Waals surface area (Å²) < 4.78 is 0. The molecule has 0 saturated heterocycles. The van der Waals surface area contributed by atoms with Crippen LogP contribution in [-0.2, 0) is 25.7 Å². The largest absolute Gasteiger partial charge is 0.383 e.